The van der Waals surface area contributed by atoms with Gasteiger partial charge in [-0.1, -0.05) is 6.92 Å². The summed E-state index contributed by atoms with van der Waals surface area (Å²) in [6, 6.07) is 2.07. The second-order valence-corrected chi connectivity index (χ2v) is 2.66. The predicted octanol–water partition coefficient (Wildman–Crippen LogP) is -0.398. The molecule has 1 amide bonds. The topological polar surface area (TPSA) is 82.2 Å². The molecular formula is C8H16N4O. The lowest BCUT2D eigenvalue weighted by atomic mass is 10.3. The summed E-state index contributed by atoms with van der Waals surface area (Å²) in [6.45, 7) is 4.21. The summed E-state index contributed by atoms with van der Waals surface area (Å²) in [7, 11) is 0. The van der Waals surface area contributed by atoms with Gasteiger partial charge in [-0.2, -0.15) is 5.26 Å². The molecule has 0 saturated heterocycles. The summed E-state index contributed by atoms with van der Waals surface area (Å²) in [5.41, 5.74) is 2.07. The van der Waals surface area contributed by atoms with Crippen molar-refractivity contribution in [2.24, 2.45) is 5.84 Å². The molecule has 74 valence electrons. The Bertz CT molecular complexity index is 187. The van der Waals surface area contributed by atoms with E-state index in [0.717, 1.165) is 6.54 Å². The molecule has 0 aromatic rings. The van der Waals surface area contributed by atoms with Gasteiger partial charge in [-0.15, -0.1) is 0 Å². The van der Waals surface area contributed by atoms with Gasteiger partial charge in [0.1, 0.15) is 0 Å². The zero-order valence-corrected chi connectivity index (χ0v) is 7.92. The van der Waals surface area contributed by atoms with E-state index < -0.39 is 0 Å². The van der Waals surface area contributed by atoms with Crippen LogP contribution in [0.3, 0.4) is 0 Å². The summed E-state index contributed by atoms with van der Waals surface area (Å²) in [4.78, 5) is 12.8. The molecular weight excluding hydrogens is 168 g/mol. The van der Waals surface area contributed by atoms with Crippen LogP contribution in [0.2, 0.25) is 0 Å². The number of amides is 1. The lowest BCUT2D eigenvalue weighted by Crippen LogP contribution is -2.34. The molecule has 0 unspecified atom stereocenters. The van der Waals surface area contributed by atoms with Crippen LogP contribution in [0.15, 0.2) is 0 Å². The second kappa shape index (κ2) is 7.53. The average Bonchev–Trinajstić information content (AvgIpc) is 2.17. The van der Waals surface area contributed by atoms with E-state index in [1.807, 2.05) is 11.8 Å². The van der Waals surface area contributed by atoms with Crippen LogP contribution in [-0.2, 0) is 4.79 Å². The van der Waals surface area contributed by atoms with Crippen molar-refractivity contribution in [2.75, 3.05) is 19.6 Å². The van der Waals surface area contributed by atoms with Crippen molar-refractivity contribution in [3.05, 3.63) is 0 Å². The minimum Gasteiger partial charge on any atom is -0.302 e. The summed E-state index contributed by atoms with van der Waals surface area (Å²) in [6.07, 6.45) is 0.883. The molecule has 5 heteroatoms. The molecule has 0 fully saturated rings. The molecule has 0 heterocycles. The summed E-state index contributed by atoms with van der Waals surface area (Å²) in [5.74, 6) is 4.76. The molecule has 0 radical (unpaired) electrons. The van der Waals surface area contributed by atoms with Gasteiger partial charge in [0, 0.05) is 25.9 Å². The van der Waals surface area contributed by atoms with Crippen LogP contribution in [0, 0.1) is 11.3 Å². The second-order valence-electron chi connectivity index (χ2n) is 2.66. The number of nitrogens with two attached hydrogens (primary N) is 1. The van der Waals surface area contributed by atoms with E-state index in [1.54, 1.807) is 0 Å². The number of hydrogen-bond donors (Lipinski definition) is 2. The molecule has 0 atom stereocenters. The highest BCUT2D eigenvalue weighted by Gasteiger charge is 2.04. The standard InChI is InChI=1S/C8H16N4O/c1-2-12(6-3-5-9)7-4-8(13)11-10/h2-4,6-7,10H2,1H3,(H,11,13). The Morgan fingerprint density at radius 1 is 1.62 bits per heavy atom. The Kier molecular flexibility index (Phi) is 6.88. The molecule has 5 nitrogen and oxygen atoms in total. The van der Waals surface area contributed by atoms with Gasteiger partial charge in [0.05, 0.1) is 6.07 Å². The first kappa shape index (κ1) is 11.9. The molecule has 13 heavy (non-hydrogen) atoms. The third-order valence-corrected chi connectivity index (χ3v) is 1.80. The van der Waals surface area contributed by atoms with Crippen LogP contribution in [0.25, 0.3) is 0 Å². The van der Waals surface area contributed by atoms with Crippen molar-refractivity contribution in [1.82, 2.24) is 10.3 Å². The molecule has 0 rings (SSSR count). The van der Waals surface area contributed by atoms with Gasteiger partial charge in [0.2, 0.25) is 5.91 Å². The van der Waals surface area contributed by atoms with E-state index >= 15 is 0 Å². The summed E-state index contributed by atoms with van der Waals surface area (Å²) in [5, 5.41) is 8.36. The Balaban J connectivity index is 3.60. The highest BCUT2D eigenvalue weighted by atomic mass is 16.2. The third-order valence-electron chi connectivity index (χ3n) is 1.80. The van der Waals surface area contributed by atoms with Crippen molar-refractivity contribution in [3.63, 3.8) is 0 Å². The molecule has 0 aromatic carbocycles. The van der Waals surface area contributed by atoms with Crippen LogP contribution in [0.5, 0.6) is 0 Å². The minimum absolute atomic E-state index is 0.171. The number of nitrogens with one attached hydrogen (secondary N) is 1. The zero-order valence-electron chi connectivity index (χ0n) is 7.92. The molecule has 0 aromatic heterocycles. The lowest BCUT2D eigenvalue weighted by Gasteiger charge is -2.17. The minimum atomic E-state index is -0.171. The van der Waals surface area contributed by atoms with E-state index in [4.69, 9.17) is 11.1 Å². The van der Waals surface area contributed by atoms with E-state index in [1.165, 1.54) is 0 Å². The van der Waals surface area contributed by atoms with Gasteiger partial charge >= 0.3 is 0 Å². The molecule has 0 bridgehead atoms. The van der Waals surface area contributed by atoms with Gasteiger partial charge in [0.15, 0.2) is 0 Å². The summed E-state index contributed by atoms with van der Waals surface area (Å²) < 4.78 is 0. The smallest absolute Gasteiger partial charge is 0.235 e. The Morgan fingerprint density at radius 2 is 2.31 bits per heavy atom. The number of nitrogens with zero attached hydrogens (tertiary/aromatic N) is 2. The fraction of sp³-hybridized carbons (Fsp3) is 0.750. The van der Waals surface area contributed by atoms with Crippen LogP contribution in [0.1, 0.15) is 19.8 Å². The van der Waals surface area contributed by atoms with E-state index in [9.17, 15) is 4.79 Å². The van der Waals surface area contributed by atoms with Crippen LogP contribution in [-0.4, -0.2) is 30.4 Å². The first-order valence-electron chi connectivity index (χ1n) is 4.33. The third kappa shape index (κ3) is 6.08. The van der Waals surface area contributed by atoms with Crippen molar-refractivity contribution < 1.29 is 4.79 Å². The largest absolute Gasteiger partial charge is 0.302 e. The molecule has 0 aliphatic carbocycles. The molecule has 0 aliphatic heterocycles. The SMILES string of the molecule is CCN(CCC#N)CCC(=O)NN. The number of nitriles is 1. The number of hydrazine groups is 1. The number of carbonyl (C=O) groups excluding carboxylic acids is 1. The normalized spacial score (nSPS) is 9.69. The van der Waals surface area contributed by atoms with Gasteiger partial charge < -0.3 is 4.90 Å². The Morgan fingerprint density at radius 3 is 2.77 bits per heavy atom. The number of hydrogen-bond acceptors (Lipinski definition) is 4. The molecule has 0 saturated carbocycles. The number of rotatable bonds is 6. The summed E-state index contributed by atoms with van der Waals surface area (Å²) >= 11 is 0. The highest BCUT2D eigenvalue weighted by Crippen LogP contribution is 1.92. The van der Waals surface area contributed by atoms with Crippen LogP contribution in [0.4, 0.5) is 0 Å². The fourth-order valence-corrected chi connectivity index (χ4v) is 0.968. The average molecular weight is 184 g/mol. The molecule has 0 spiro atoms. The van der Waals surface area contributed by atoms with E-state index in [2.05, 4.69) is 11.5 Å². The van der Waals surface area contributed by atoms with Crippen molar-refractivity contribution in [3.8, 4) is 6.07 Å². The highest BCUT2D eigenvalue weighted by molar-refractivity contribution is 5.75. The van der Waals surface area contributed by atoms with Crippen molar-refractivity contribution >= 4 is 5.91 Å². The van der Waals surface area contributed by atoms with Crippen LogP contribution < -0.4 is 11.3 Å². The van der Waals surface area contributed by atoms with Gasteiger partial charge in [-0.3, -0.25) is 10.2 Å². The monoisotopic (exact) mass is 184 g/mol. The quantitative estimate of drug-likeness (QED) is 0.334. The predicted molar refractivity (Wildman–Crippen MR) is 49.3 cm³/mol. The van der Waals surface area contributed by atoms with Crippen molar-refractivity contribution in [1.29, 1.82) is 5.26 Å². The number of carbonyl (C=O) groups is 1. The van der Waals surface area contributed by atoms with Gasteiger partial charge in [-0.05, 0) is 6.54 Å². The van der Waals surface area contributed by atoms with Gasteiger partial charge in [0.25, 0.3) is 0 Å². The maximum absolute atomic E-state index is 10.8. The Hall–Kier alpha value is -1.12. The maximum atomic E-state index is 10.8. The molecule has 3 N–H and O–H groups in total. The van der Waals surface area contributed by atoms with E-state index in [-0.39, 0.29) is 5.91 Å². The first-order chi connectivity index (χ1) is 6.24. The molecule has 0 aliphatic rings. The zero-order chi connectivity index (χ0) is 10.1. The Labute approximate surface area is 78.5 Å². The maximum Gasteiger partial charge on any atom is 0.235 e. The van der Waals surface area contributed by atoms with E-state index in [0.29, 0.717) is 25.9 Å². The van der Waals surface area contributed by atoms with Crippen molar-refractivity contribution in [2.45, 2.75) is 19.8 Å². The van der Waals surface area contributed by atoms with Gasteiger partial charge in [-0.25, -0.2) is 5.84 Å². The lowest BCUT2D eigenvalue weighted by molar-refractivity contribution is -0.121. The fourth-order valence-electron chi connectivity index (χ4n) is 0.968. The first-order valence-corrected chi connectivity index (χ1v) is 4.33. The van der Waals surface area contributed by atoms with Crippen LogP contribution >= 0.6 is 0 Å².